The van der Waals surface area contributed by atoms with Crippen molar-refractivity contribution < 1.29 is 33.4 Å². The summed E-state index contributed by atoms with van der Waals surface area (Å²) in [6.45, 7) is 1.12. The van der Waals surface area contributed by atoms with E-state index in [1.165, 1.54) is 9.80 Å². The molecule has 4 aromatic rings. The van der Waals surface area contributed by atoms with Gasteiger partial charge in [0.15, 0.2) is 11.6 Å². The average molecular weight is 627 g/mol. The molecule has 2 unspecified atom stereocenters. The molecule has 4 amide bonds. The van der Waals surface area contributed by atoms with Gasteiger partial charge in [0.25, 0.3) is 23.6 Å². The Labute approximate surface area is 270 Å². The fourth-order valence-electron chi connectivity index (χ4n) is 7.62. The van der Waals surface area contributed by atoms with Crippen LogP contribution in [-0.4, -0.2) is 52.4 Å². The van der Waals surface area contributed by atoms with Gasteiger partial charge in [-0.3, -0.25) is 33.8 Å². The first kappa shape index (κ1) is 29.2. The van der Waals surface area contributed by atoms with Gasteiger partial charge in [0.05, 0.1) is 47.6 Å². The van der Waals surface area contributed by atoms with E-state index in [1.54, 1.807) is 54.6 Å². The van der Waals surface area contributed by atoms with Crippen molar-refractivity contribution in [1.82, 2.24) is 9.80 Å². The van der Waals surface area contributed by atoms with Crippen molar-refractivity contribution in [2.75, 3.05) is 13.2 Å². The number of fused-ring (bicyclic) bond motifs is 5. The molecule has 2 aliphatic carbocycles. The molecule has 1 fully saturated rings. The molecule has 0 radical (unpaired) electrons. The largest absolute Gasteiger partial charge is 0.343 e. The monoisotopic (exact) mass is 626 g/mol. The molecule has 9 rings (SSSR count). The van der Waals surface area contributed by atoms with Crippen LogP contribution in [0.15, 0.2) is 97.1 Å². The van der Waals surface area contributed by atoms with Gasteiger partial charge in [0.1, 0.15) is 0 Å². The lowest BCUT2D eigenvalue weighted by Crippen LogP contribution is -2.41. The summed E-state index contributed by atoms with van der Waals surface area (Å²) in [5.41, 5.74) is 5.12. The number of rotatable bonds is 2. The molecule has 5 aliphatic rings. The van der Waals surface area contributed by atoms with Gasteiger partial charge in [-0.1, -0.05) is 72.8 Å². The quantitative estimate of drug-likeness (QED) is 0.250. The minimum absolute atomic E-state index is 0.0726. The van der Waals surface area contributed by atoms with E-state index in [-0.39, 0.29) is 41.5 Å². The Morgan fingerprint density at radius 1 is 0.511 bits per heavy atom. The molecule has 0 bridgehead atoms. The summed E-state index contributed by atoms with van der Waals surface area (Å²) in [5, 5.41) is 0. The van der Waals surface area contributed by atoms with E-state index in [0.29, 0.717) is 66.7 Å². The summed E-state index contributed by atoms with van der Waals surface area (Å²) >= 11 is 0. The fraction of sp³-hybridized carbons (Fsp3) is 0.237. The van der Waals surface area contributed by atoms with E-state index in [0.717, 1.165) is 16.7 Å². The number of nitrogens with zero attached hydrogens (tertiary/aromatic N) is 2. The minimum atomic E-state index is -0.730. The van der Waals surface area contributed by atoms with E-state index >= 15 is 0 Å². The second kappa shape index (κ2) is 11.2. The van der Waals surface area contributed by atoms with Crippen molar-refractivity contribution in [3.63, 3.8) is 0 Å². The van der Waals surface area contributed by atoms with Crippen LogP contribution >= 0.6 is 0 Å². The minimum Gasteiger partial charge on any atom is -0.343 e. The van der Waals surface area contributed by atoms with Crippen molar-refractivity contribution in [1.29, 1.82) is 0 Å². The highest BCUT2D eigenvalue weighted by Crippen LogP contribution is 2.49. The maximum atomic E-state index is 12.9. The Bertz CT molecular complexity index is 1930. The molecule has 4 aromatic carbocycles. The van der Waals surface area contributed by atoms with Crippen LogP contribution in [0, 0.1) is 0 Å². The topological polar surface area (TPSA) is 110 Å². The zero-order chi connectivity index (χ0) is 32.3. The first-order valence-corrected chi connectivity index (χ1v) is 15.8. The number of hydrogen-bond acceptors (Lipinski definition) is 7. The molecule has 0 N–H and O–H groups in total. The molecule has 9 nitrogen and oxygen atoms in total. The first-order chi connectivity index (χ1) is 22.9. The molecule has 2 atom stereocenters. The Kier molecular flexibility index (Phi) is 6.96. The second-order valence-electron chi connectivity index (χ2n) is 12.2. The third-order valence-electron chi connectivity index (χ3n) is 9.77. The van der Waals surface area contributed by atoms with Gasteiger partial charge in [-0.15, -0.1) is 0 Å². The van der Waals surface area contributed by atoms with Gasteiger partial charge >= 0.3 is 0 Å². The Hall–Kier alpha value is -5.25. The third-order valence-corrected chi connectivity index (χ3v) is 9.77. The maximum Gasteiger partial charge on any atom is 0.262 e. The second-order valence-corrected chi connectivity index (χ2v) is 12.2. The standard InChI is InChI=1S/C20H17NO4.C18H13NO3/c22-18-13-5-1-2-6-14(13)19(23)21(18)17-9-10-20(24-11-12-25-20)16-8-4-3-7-15(16)17;20-16-10-9-15(11-5-1-2-6-12(11)16)19-17(21)13-7-3-4-8-14(13)18(19)22/h1-8,17H,9-12H2;1-8,15H,9-10H2. The number of carbonyl (C=O) groups is 5. The Morgan fingerprint density at radius 2 is 0.936 bits per heavy atom. The van der Waals surface area contributed by atoms with Crippen molar-refractivity contribution in [2.24, 2.45) is 0 Å². The summed E-state index contributed by atoms with van der Waals surface area (Å²) in [5.74, 6) is -1.63. The number of hydrogen-bond donors (Lipinski definition) is 0. The molecule has 9 heteroatoms. The molecular formula is C38H30N2O7. The molecule has 1 spiro atoms. The van der Waals surface area contributed by atoms with Crippen LogP contribution in [0.3, 0.4) is 0 Å². The van der Waals surface area contributed by atoms with Crippen LogP contribution < -0.4 is 0 Å². The van der Waals surface area contributed by atoms with Gasteiger partial charge in [-0.25, -0.2) is 0 Å². The number of amides is 4. The summed E-state index contributed by atoms with van der Waals surface area (Å²) < 4.78 is 11.8. The van der Waals surface area contributed by atoms with Crippen molar-refractivity contribution in [2.45, 2.75) is 43.6 Å². The van der Waals surface area contributed by atoms with E-state index in [1.807, 2.05) is 42.5 Å². The lowest BCUT2D eigenvalue weighted by Gasteiger charge is -2.40. The molecule has 234 valence electrons. The van der Waals surface area contributed by atoms with Crippen molar-refractivity contribution in [3.8, 4) is 0 Å². The molecule has 0 saturated carbocycles. The summed E-state index contributed by atoms with van der Waals surface area (Å²) in [4.78, 5) is 65.7. The molecule has 3 heterocycles. The molecule has 0 aromatic heterocycles. The lowest BCUT2D eigenvalue weighted by molar-refractivity contribution is -0.179. The number of imide groups is 2. The summed E-state index contributed by atoms with van der Waals surface area (Å²) in [6, 6.07) is 28.3. The predicted octanol–water partition coefficient (Wildman–Crippen LogP) is 6.02. The Balaban J connectivity index is 0.000000139. The third kappa shape index (κ3) is 4.49. The number of ketones is 1. The van der Waals surface area contributed by atoms with Gasteiger partial charge in [0, 0.05) is 24.0 Å². The summed E-state index contributed by atoms with van der Waals surface area (Å²) in [6.07, 6.45) is 2.10. The SMILES string of the molecule is O=C1CCC(N2C(=O)c3ccccc3C2=O)c2ccccc21.O=C1c2ccccc2C(=O)N1C1CCC2(OCCO2)c2ccccc21. The Morgan fingerprint density at radius 3 is 1.47 bits per heavy atom. The van der Waals surface area contributed by atoms with Crippen LogP contribution in [-0.2, 0) is 15.3 Å². The number of carbonyl (C=O) groups excluding carboxylic acids is 5. The average Bonchev–Trinajstić information content (AvgIpc) is 3.76. The van der Waals surface area contributed by atoms with Crippen LogP contribution in [0.4, 0.5) is 0 Å². The van der Waals surface area contributed by atoms with Gasteiger partial charge in [0.2, 0.25) is 0 Å². The van der Waals surface area contributed by atoms with Gasteiger partial charge < -0.3 is 9.47 Å². The van der Waals surface area contributed by atoms with Gasteiger partial charge in [-0.2, -0.15) is 0 Å². The molecular weight excluding hydrogens is 596 g/mol. The van der Waals surface area contributed by atoms with E-state index in [9.17, 15) is 24.0 Å². The number of benzene rings is 4. The lowest BCUT2D eigenvalue weighted by atomic mass is 9.82. The maximum absolute atomic E-state index is 12.9. The van der Waals surface area contributed by atoms with E-state index in [2.05, 4.69) is 0 Å². The van der Waals surface area contributed by atoms with Crippen LogP contribution in [0.25, 0.3) is 0 Å². The zero-order valence-corrected chi connectivity index (χ0v) is 25.4. The van der Waals surface area contributed by atoms with E-state index < -0.39 is 5.79 Å². The smallest absolute Gasteiger partial charge is 0.262 e. The first-order valence-electron chi connectivity index (χ1n) is 15.8. The van der Waals surface area contributed by atoms with Gasteiger partial charge in [-0.05, 0) is 48.2 Å². The zero-order valence-electron chi connectivity index (χ0n) is 25.4. The van der Waals surface area contributed by atoms with Crippen molar-refractivity contribution in [3.05, 3.63) is 142 Å². The van der Waals surface area contributed by atoms with Crippen molar-refractivity contribution >= 4 is 29.4 Å². The summed E-state index contributed by atoms with van der Waals surface area (Å²) in [7, 11) is 0. The highest BCUT2D eigenvalue weighted by Gasteiger charge is 2.49. The van der Waals surface area contributed by atoms with Crippen LogP contribution in [0.5, 0.6) is 0 Å². The number of Topliss-reactive ketones (excluding diaryl/α,β-unsaturated/α-hetero) is 1. The highest BCUT2D eigenvalue weighted by atomic mass is 16.7. The predicted molar refractivity (Wildman–Crippen MR) is 169 cm³/mol. The fourth-order valence-corrected chi connectivity index (χ4v) is 7.62. The molecule has 1 saturated heterocycles. The number of ether oxygens (including phenoxy) is 2. The molecule has 47 heavy (non-hydrogen) atoms. The van der Waals surface area contributed by atoms with Crippen LogP contribution in [0.1, 0.15) is 106 Å². The normalized spacial score (nSPS) is 22.1. The van der Waals surface area contributed by atoms with Crippen LogP contribution in [0.2, 0.25) is 0 Å². The van der Waals surface area contributed by atoms with E-state index in [4.69, 9.17) is 9.47 Å². The molecule has 3 aliphatic heterocycles. The highest BCUT2D eigenvalue weighted by molar-refractivity contribution is 6.22.